The number of hydrogen-bond acceptors (Lipinski definition) is 4. The van der Waals surface area contributed by atoms with Gasteiger partial charge in [-0.3, -0.25) is 0 Å². The summed E-state index contributed by atoms with van der Waals surface area (Å²) in [4.78, 5) is 6.25. The number of nitrogens with zero attached hydrogens (tertiary/aromatic N) is 3. The fourth-order valence-electron chi connectivity index (χ4n) is 4.40. The van der Waals surface area contributed by atoms with E-state index in [0.29, 0.717) is 18.0 Å². The summed E-state index contributed by atoms with van der Waals surface area (Å²) in [5.41, 5.74) is 3.06. The lowest BCUT2D eigenvalue weighted by Gasteiger charge is -2.20. The van der Waals surface area contributed by atoms with Crippen molar-refractivity contribution in [2.45, 2.75) is 69.7 Å². The molecule has 0 bridgehead atoms. The molecule has 0 amide bonds. The van der Waals surface area contributed by atoms with E-state index in [2.05, 4.69) is 16.9 Å². The van der Waals surface area contributed by atoms with Gasteiger partial charge in [0.05, 0.1) is 16.3 Å². The van der Waals surface area contributed by atoms with Crippen molar-refractivity contribution in [1.29, 1.82) is 0 Å². The first-order chi connectivity index (χ1) is 16.6. The van der Waals surface area contributed by atoms with Crippen LogP contribution >= 0.6 is 11.3 Å². The number of sulfonamides is 1. The Kier molecular flexibility index (Phi) is 8.75. The largest absolute Gasteiger partial charge is 0.316 e. The molecule has 0 spiro atoms. The van der Waals surface area contributed by atoms with Gasteiger partial charge in [-0.15, -0.1) is 11.3 Å². The molecule has 0 radical (unpaired) electrons. The molecule has 5 nitrogen and oxygen atoms in total. The van der Waals surface area contributed by atoms with E-state index in [1.807, 2.05) is 42.5 Å². The molecule has 0 saturated carbocycles. The van der Waals surface area contributed by atoms with E-state index in [1.54, 1.807) is 27.8 Å². The van der Waals surface area contributed by atoms with Crippen molar-refractivity contribution < 1.29 is 8.42 Å². The van der Waals surface area contributed by atoms with Crippen molar-refractivity contribution in [1.82, 2.24) is 8.87 Å². The maximum Gasteiger partial charge on any atom is 0.243 e. The topological polar surface area (TPSA) is 54.7 Å². The normalized spacial score (nSPS) is 16.0. The molecule has 1 saturated heterocycles. The standard InChI is InChI=1S/C27H35N3O2S2/c1-2-3-4-12-21-30-26(22-33-27(30)28-24-13-8-7-9-14-24)23-15-17-25(18-16-23)34(31,32)29-19-10-5-6-11-20-29/h7-9,13-18,22H,2-6,10-12,19-21H2,1H3. The molecule has 34 heavy (non-hydrogen) atoms. The predicted octanol–water partition coefficient (Wildman–Crippen LogP) is 6.59. The molecule has 1 aliphatic heterocycles. The number of thiazole rings is 1. The zero-order chi connectivity index (χ0) is 23.8. The quantitative estimate of drug-likeness (QED) is 0.313. The van der Waals surface area contributed by atoms with Crippen molar-refractivity contribution in [3.05, 3.63) is 64.8 Å². The predicted molar refractivity (Wildman–Crippen MR) is 141 cm³/mol. The maximum atomic E-state index is 13.2. The second kappa shape index (κ2) is 12.0. The van der Waals surface area contributed by atoms with E-state index >= 15 is 0 Å². The molecule has 1 aromatic heterocycles. The van der Waals surface area contributed by atoms with Crippen LogP contribution in [0.15, 0.2) is 69.9 Å². The molecule has 7 heteroatoms. The van der Waals surface area contributed by atoms with Crippen LogP contribution in [0.1, 0.15) is 58.3 Å². The number of unbranched alkanes of at least 4 members (excludes halogenated alkanes) is 3. The number of benzene rings is 2. The highest BCUT2D eigenvalue weighted by Crippen LogP contribution is 2.26. The Morgan fingerprint density at radius 1 is 0.882 bits per heavy atom. The van der Waals surface area contributed by atoms with E-state index in [4.69, 9.17) is 4.99 Å². The second-order valence-electron chi connectivity index (χ2n) is 8.91. The first-order valence-corrected chi connectivity index (χ1v) is 14.8. The lowest BCUT2D eigenvalue weighted by molar-refractivity contribution is 0.424. The third-order valence-electron chi connectivity index (χ3n) is 6.37. The monoisotopic (exact) mass is 497 g/mol. The minimum atomic E-state index is -3.44. The Hall–Kier alpha value is -2.22. The van der Waals surface area contributed by atoms with Crippen molar-refractivity contribution >= 4 is 27.0 Å². The summed E-state index contributed by atoms with van der Waals surface area (Å²) in [5, 5.41) is 2.14. The summed E-state index contributed by atoms with van der Waals surface area (Å²) in [6, 6.07) is 17.5. The van der Waals surface area contributed by atoms with Gasteiger partial charge in [0, 0.05) is 25.0 Å². The summed E-state index contributed by atoms with van der Waals surface area (Å²) >= 11 is 1.63. The van der Waals surface area contributed by atoms with Crippen molar-refractivity contribution in [3.63, 3.8) is 0 Å². The molecule has 3 aromatic rings. The van der Waals surface area contributed by atoms with Gasteiger partial charge in [-0.25, -0.2) is 13.4 Å². The van der Waals surface area contributed by atoms with Gasteiger partial charge in [-0.05, 0) is 49.1 Å². The molecular formula is C27H35N3O2S2. The second-order valence-corrected chi connectivity index (χ2v) is 11.7. The van der Waals surface area contributed by atoms with Crippen LogP contribution in [0.4, 0.5) is 5.69 Å². The molecule has 0 unspecified atom stereocenters. The zero-order valence-corrected chi connectivity index (χ0v) is 21.7. The third kappa shape index (κ3) is 6.06. The average Bonchev–Trinajstić information content (AvgIpc) is 3.05. The van der Waals surface area contributed by atoms with Crippen molar-refractivity contribution in [2.24, 2.45) is 4.99 Å². The minimum absolute atomic E-state index is 0.386. The van der Waals surface area contributed by atoms with E-state index in [9.17, 15) is 8.42 Å². The fraction of sp³-hybridized carbons (Fsp3) is 0.444. The summed E-state index contributed by atoms with van der Waals surface area (Å²) in [7, 11) is -3.44. The number of aromatic nitrogens is 1. The van der Waals surface area contributed by atoms with Crippen molar-refractivity contribution in [3.8, 4) is 11.3 Å². The van der Waals surface area contributed by atoms with Crippen LogP contribution in [0.2, 0.25) is 0 Å². The van der Waals surface area contributed by atoms with Crippen LogP contribution in [-0.4, -0.2) is 30.4 Å². The van der Waals surface area contributed by atoms with Gasteiger partial charge < -0.3 is 4.57 Å². The first kappa shape index (κ1) is 24.9. The molecule has 182 valence electrons. The van der Waals surface area contributed by atoms with Crippen LogP contribution < -0.4 is 4.80 Å². The van der Waals surface area contributed by atoms with Crippen LogP contribution in [0, 0.1) is 0 Å². The maximum absolute atomic E-state index is 13.2. The lowest BCUT2D eigenvalue weighted by Crippen LogP contribution is -2.31. The molecule has 0 aliphatic carbocycles. The summed E-state index contributed by atoms with van der Waals surface area (Å²) in [6.45, 7) is 4.37. The van der Waals surface area contributed by atoms with Crippen molar-refractivity contribution in [2.75, 3.05) is 13.1 Å². The van der Waals surface area contributed by atoms with Gasteiger partial charge >= 0.3 is 0 Å². The molecule has 0 atom stereocenters. The molecular weight excluding hydrogens is 462 g/mol. The number of rotatable bonds is 9. The zero-order valence-electron chi connectivity index (χ0n) is 20.0. The Bertz CT molecular complexity index is 1200. The smallest absolute Gasteiger partial charge is 0.243 e. The Morgan fingerprint density at radius 2 is 1.59 bits per heavy atom. The minimum Gasteiger partial charge on any atom is -0.316 e. The van der Waals surface area contributed by atoms with Gasteiger partial charge in [0.25, 0.3) is 0 Å². The summed E-state index contributed by atoms with van der Waals surface area (Å²) in [5.74, 6) is 0. The fourth-order valence-corrected chi connectivity index (χ4v) is 6.88. The molecule has 1 aliphatic rings. The van der Waals surface area contributed by atoms with E-state index in [-0.39, 0.29) is 0 Å². The lowest BCUT2D eigenvalue weighted by atomic mass is 10.1. The summed E-state index contributed by atoms with van der Waals surface area (Å²) in [6.07, 6.45) is 8.83. The third-order valence-corrected chi connectivity index (χ3v) is 9.14. The molecule has 1 fully saturated rings. The molecule has 2 aromatic carbocycles. The first-order valence-electron chi connectivity index (χ1n) is 12.5. The van der Waals surface area contributed by atoms with Gasteiger partial charge in [-0.1, -0.05) is 69.4 Å². The number of hydrogen-bond donors (Lipinski definition) is 0. The molecule has 4 rings (SSSR count). The molecule has 0 N–H and O–H groups in total. The Balaban J connectivity index is 1.63. The van der Waals surface area contributed by atoms with Gasteiger partial charge in [0.15, 0.2) is 4.80 Å². The average molecular weight is 498 g/mol. The Labute approximate surface area is 207 Å². The van der Waals surface area contributed by atoms with E-state index < -0.39 is 10.0 Å². The Morgan fingerprint density at radius 3 is 2.26 bits per heavy atom. The van der Waals surface area contributed by atoms with Gasteiger partial charge in [0.2, 0.25) is 10.0 Å². The summed E-state index contributed by atoms with van der Waals surface area (Å²) < 4.78 is 30.3. The number of para-hydroxylation sites is 1. The van der Waals surface area contributed by atoms with Crippen LogP contribution in [0.25, 0.3) is 11.3 Å². The highest BCUT2D eigenvalue weighted by atomic mass is 32.2. The van der Waals surface area contributed by atoms with Gasteiger partial charge in [-0.2, -0.15) is 4.31 Å². The van der Waals surface area contributed by atoms with Crippen LogP contribution in [0.3, 0.4) is 0 Å². The SMILES string of the molecule is CCCCCCn1c(-c2ccc(S(=O)(=O)N3CCCCCC3)cc2)csc1=Nc1ccccc1. The molecule has 2 heterocycles. The highest BCUT2D eigenvalue weighted by molar-refractivity contribution is 7.89. The van der Waals surface area contributed by atoms with Crippen LogP contribution in [0.5, 0.6) is 0 Å². The van der Waals surface area contributed by atoms with E-state index in [0.717, 1.165) is 60.4 Å². The van der Waals surface area contributed by atoms with E-state index in [1.165, 1.54) is 19.3 Å². The van der Waals surface area contributed by atoms with Crippen LogP contribution in [-0.2, 0) is 16.6 Å². The highest BCUT2D eigenvalue weighted by Gasteiger charge is 2.25. The van der Waals surface area contributed by atoms with Gasteiger partial charge in [0.1, 0.15) is 0 Å².